The highest BCUT2D eigenvalue weighted by Crippen LogP contribution is 2.41. The summed E-state index contributed by atoms with van der Waals surface area (Å²) < 4.78 is 7.02. The molecule has 1 heterocycles. The van der Waals surface area contributed by atoms with Crippen LogP contribution >= 0.6 is 39.1 Å². The SMILES string of the molecule is NC1CC(c2ccc(Cl)c(Cl)c2)Oc2cc(Br)ccc21. The van der Waals surface area contributed by atoms with Crippen LogP contribution in [0.3, 0.4) is 0 Å². The second-order valence-electron chi connectivity index (χ2n) is 4.80. The Morgan fingerprint density at radius 1 is 1.10 bits per heavy atom. The summed E-state index contributed by atoms with van der Waals surface area (Å²) in [4.78, 5) is 0. The van der Waals surface area contributed by atoms with Crippen LogP contribution in [0.25, 0.3) is 0 Å². The second kappa shape index (κ2) is 5.57. The van der Waals surface area contributed by atoms with E-state index in [9.17, 15) is 0 Å². The maximum absolute atomic E-state index is 6.24. The van der Waals surface area contributed by atoms with E-state index >= 15 is 0 Å². The lowest BCUT2D eigenvalue weighted by Crippen LogP contribution is -2.24. The first kappa shape index (κ1) is 14.2. The van der Waals surface area contributed by atoms with E-state index in [-0.39, 0.29) is 12.1 Å². The van der Waals surface area contributed by atoms with E-state index in [1.807, 2.05) is 30.3 Å². The largest absolute Gasteiger partial charge is 0.485 e. The van der Waals surface area contributed by atoms with Crippen LogP contribution in [-0.4, -0.2) is 0 Å². The lowest BCUT2D eigenvalue weighted by atomic mass is 9.94. The van der Waals surface area contributed by atoms with Gasteiger partial charge in [-0.3, -0.25) is 0 Å². The molecule has 3 rings (SSSR count). The van der Waals surface area contributed by atoms with E-state index in [0.29, 0.717) is 16.5 Å². The first-order chi connectivity index (χ1) is 9.54. The Bertz CT molecular complexity index is 662. The van der Waals surface area contributed by atoms with Gasteiger partial charge >= 0.3 is 0 Å². The Kier molecular flexibility index (Phi) is 3.95. The molecule has 0 spiro atoms. The van der Waals surface area contributed by atoms with Gasteiger partial charge in [0.1, 0.15) is 11.9 Å². The summed E-state index contributed by atoms with van der Waals surface area (Å²) in [5, 5.41) is 1.07. The van der Waals surface area contributed by atoms with Gasteiger partial charge in [-0.25, -0.2) is 0 Å². The topological polar surface area (TPSA) is 35.2 Å². The zero-order valence-electron chi connectivity index (χ0n) is 10.4. The average molecular weight is 373 g/mol. The molecule has 2 aromatic carbocycles. The van der Waals surface area contributed by atoms with E-state index in [1.54, 1.807) is 6.07 Å². The van der Waals surface area contributed by atoms with Crippen molar-refractivity contribution in [3.8, 4) is 5.75 Å². The molecule has 0 radical (unpaired) electrons. The smallest absolute Gasteiger partial charge is 0.126 e. The van der Waals surface area contributed by atoms with Crippen molar-refractivity contribution in [3.63, 3.8) is 0 Å². The van der Waals surface area contributed by atoms with Gasteiger partial charge in [0.2, 0.25) is 0 Å². The van der Waals surface area contributed by atoms with Crippen molar-refractivity contribution in [2.45, 2.75) is 18.6 Å². The number of nitrogens with two attached hydrogens (primary N) is 1. The zero-order chi connectivity index (χ0) is 14.3. The fourth-order valence-corrected chi connectivity index (χ4v) is 3.04. The van der Waals surface area contributed by atoms with Crippen molar-refractivity contribution in [2.24, 2.45) is 5.73 Å². The molecule has 0 saturated carbocycles. The van der Waals surface area contributed by atoms with Crippen LogP contribution < -0.4 is 10.5 Å². The van der Waals surface area contributed by atoms with Crippen LogP contribution in [0.2, 0.25) is 10.0 Å². The fourth-order valence-electron chi connectivity index (χ4n) is 2.39. The highest BCUT2D eigenvalue weighted by atomic mass is 79.9. The van der Waals surface area contributed by atoms with Gasteiger partial charge in [-0.05, 0) is 29.8 Å². The van der Waals surface area contributed by atoms with Gasteiger partial charge in [0.15, 0.2) is 0 Å². The Labute approximate surface area is 136 Å². The molecule has 104 valence electrons. The molecule has 2 unspecified atom stereocenters. The Morgan fingerprint density at radius 2 is 1.90 bits per heavy atom. The standard InChI is InChI=1S/C15H12BrCl2NO/c16-9-2-3-10-13(19)7-14(20-15(10)6-9)8-1-4-11(17)12(18)5-8/h1-6,13-14H,7,19H2. The molecule has 2 aromatic rings. The molecule has 1 aliphatic rings. The van der Waals surface area contributed by atoms with Crippen LogP contribution in [0.15, 0.2) is 40.9 Å². The number of hydrogen-bond donors (Lipinski definition) is 1. The first-order valence-corrected chi connectivity index (χ1v) is 7.76. The summed E-state index contributed by atoms with van der Waals surface area (Å²) in [5.41, 5.74) is 8.26. The maximum Gasteiger partial charge on any atom is 0.126 e. The molecule has 0 aromatic heterocycles. The van der Waals surface area contributed by atoms with Gasteiger partial charge < -0.3 is 10.5 Å². The predicted molar refractivity (Wildman–Crippen MR) is 85.5 cm³/mol. The molecule has 5 heteroatoms. The monoisotopic (exact) mass is 371 g/mol. The predicted octanol–water partition coefficient (Wildman–Crippen LogP) is 5.28. The molecule has 2 nitrogen and oxygen atoms in total. The van der Waals surface area contributed by atoms with E-state index in [4.69, 9.17) is 33.7 Å². The Morgan fingerprint density at radius 3 is 2.65 bits per heavy atom. The normalized spacial score (nSPS) is 21.2. The van der Waals surface area contributed by atoms with Crippen molar-refractivity contribution in [1.29, 1.82) is 0 Å². The number of halogens is 3. The molecule has 0 fully saturated rings. The van der Waals surface area contributed by atoms with Gasteiger partial charge in [0.25, 0.3) is 0 Å². The Balaban J connectivity index is 1.96. The van der Waals surface area contributed by atoms with E-state index in [1.165, 1.54) is 0 Å². The van der Waals surface area contributed by atoms with Gasteiger partial charge in [-0.2, -0.15) is 0 Å². The molecule has 20 heavy (non-hydrogen) atoms. The lowest BCUT2D eigenvalue weighted by Gasteiger charge is -2.30. The molecule has 0 aliphatic carbocycles. The number of rotatable bonds is 1. The Hall–Kier alpha value is -0.740. The van der Waals surface area contributed by atoms with Gasteiger partial charge in [0.05, 0.1) is 10.0 Å². The zero-order valence-corrected chi connectivity index (χ0v) is 13.5. The van der Waals surface area contributed by atoms with Crippen molar-refractivity contribution in [1.82, 2.24) is 0 Å². The third kappa shape index (κ3) is 2.68. The summed E-state index contributed by atoms with van der Waals surface area (Å²) in [5.74, 6) is 0.814. The van der Waals surface area contributed by atoms with Crippen LogP contribution in [0.5, 0.6) is 5.75 Å². The molecule has 2 N–H and O–H groups in total. The van der Waals surface area contributed by atoms with Crippen molar-refractivity contribution >= 4 is 39.1 Å². The minimum absolute atomic E-state index is 0.0497. The minimum Gasteiger partial charge on any atom is -0.485 e. The van der Waals surface area contributed by atoms with E-state index < -0.39 is 0 Å². The van der Waals surface area contributed by atoms with Crippen LogP contribution in [0.4, 0.5) is 0 Å². The van der Waals surface area contributed by atoms with E-state index in [2.05, 4.69) is 15.9 Å². The fraction of sp³-hybridized carbons (Fsp3) is 0.200. The number of hydrogen-bond acceptors (Lipinski definition) is 2. The quantitative estimate of drug-likeness (QED) is 0.738. The maximum atomic E-state index is 6.24. The number of fused-ring (bicyclic) bond motifs is 1. The molecule has 1 aliphatic heterocycles. The highest BCUT2D eigenvalue weighted by molar-refractivity contribution is 9.10. The van der Waals surface area contributed by atoms with Crippen molar-refractivity contribution in [3.05, 3.63) is 62.0 Å². The van der Waals surface area contributed by atoms with Crippen molar-refractivity contribution in [2.75, 3.05) is 0 Å². The molecular formula is C15H12BrCl2NO. The second-order valence-corrected chi connectivity index (χ2v) is 6.53. The van der Waals surface area contributed by atoms with Gasteiger partial charge in [-0.1, -0.05) is 51.3 Å². The number of ether oxygens (including phenoxy) is 1. The summed E-state index contributed by atoms with van der Waals surface area (Å²) >= 11 is 15.5. The molecular weight excluding hydrogens is 361 g/mol. The molecule has 0 saturated heterocycles. The van der Waals surface area contributed by atoms with Gasteiger partial charge in [-0.15, -0.1) is 0 Å². The molecule has 0 bridgehead atoms. The number of benzene rings is 2. The third-order valence-electron chi connectivity index (χ3n) is 3.43. The lowest BCUT2D eigenvalue weighted by molar-refractivity contribution is 0.161. The highest BCUT2D eigenvalue weighted by Gasteiger charge is 2.27. The first-order valence-electron chi connectivity index (χ1n) is 6.21. The minimum atomic E-state index is -0.110. The summed E-state index contributed by atoms with van der Waals surface area (Å²) in [6.45, 7) is 0. The molecule has 0 amide bonds. The van der Waals surface area contributed by atoms with Crippen molar-refractivity contribution < 1.29 is 4.74 Å². The van der Waals surface area contributed by atoms with Gasteiger partial charge in [0, 0.05) is 22.5 Å². The summed E-state index contributed by atoms with van der Waals surface area (Å²) in [6, 6.07) is 11.4. The van der Waals surface area contributed by atoms with E-state index in [0.717, 1.165) is 21.3 Å². The summed E-state index contributed by atoms with van der Waals surface area (Å²) in [7, 11) is 0. The molecule has 2 atom stereocenters. The third-order valence-corrected chi connectivity index (χ3v) is 4.66. The average Bonchev–Trinajstić information content (AvgIpc) is 2.41. The van der Waals surface area contributed by atoms with Crippen LogP contribution in [0.1, 0.15) is 29.7 Å². The van der Waals surface area contributed by atoms with Crippen LogP contribution in [0, 0.1) is 0 Å². The van der Waals surface area contributed by atoms with Crippen LogP contribution in [-0.2, 0) is 0 Å². The summed E-state index contributed by atoms with van der Waals surface area (Å²) in [6.07, 6.45) is 0.605.